The number of aromatic amines is 1. The largest absolute Gasteiger partial charge is 0.423 e. The average molecular weight is 416 g/mol. The second-order valence-corrected chi connectivity index (χ2v) is 8.54. The van der Waals surface area contributed by atoms with E-state index in [1.54, 1.807) is 12.4 Å². The molecule has 1 N–H and O–H groups in total. The number of oxazole rings is 1. The summed E-state index contributed by atoms with van der Waals surface area (Å²) < 4.78 is 7.92. The molecule has 0 bridgehead atoms. The Balaban J connectivity index is 1.22. The van der Waals surface area contributed by atoms with E-state index >= 15 is 0 Å². The third-order valence-electron chi connectivity index (χ3n) is 6.49. The van der Waals surface area contributed by atoms with Crippen molar-refractivity contribution in [2.24, 2.45) is 0 Å². The molecule has 1 saturated heterocycles. The number of H-pyrrole nitrogens is 1. The first-order chi connectivity index (χ1) is 15.3. The van der Waals surface area contributed by atoms with Gasteiger partial charge in [0.15, 0.2) is 11.4 Å². The van der Waals surface area contributed by atoms with Gasteiger partial charge in [0.2, 0.25) is 0 Å². The van der Waals surface area contributed by atoms with Crippen LogP contribution in [-0.4, -0.2) is 37.8 Å². The number of fused-ring (bicyclic) bond motifs is 1. The minimum Gasteiger partial charge on any atom is -0.423 e. The topological polar surface area (TPSA) is 92.8 Å². The van der Waals surface area contributed by atoms with E-state index in [9.17, 15) is 4.79 Å². The Hall–Kier alpha value is -3.42. The predicted molar refractivity (Wildman–Crippen MR) is 117 cm³/mol. The monoisotopic (exact) mass is 416 g/mol. The van der Waals surface area contributed by atoms with E-state index in [-0.39, 0.29) is 11.5 Å². The number of nitrogens with one attached hydrogen (secondary N) is 1. The second-order valence-electron chi connectivity index (χ2n) is 8.54. The summed E-state index contributed by atoms with van der Waals surface area (Å²) in [5.74, 6) is 1.61. The van der Waals surface area contributed by atoms with Crippen molar-refractivity contribution in [3.05, 3.63) is 58.9 Å². The molecule has 0 spiro atoms. The van der Waals surface area contributed by atoms with E-state index in [4.69, 9.17) is 9.40 Å². The third kappa shape index (κ3) is 3.22. The van der Waals surface area contributed by atoms with E-state index in [1.807, 2.05) is 35.0 Å². The maximum Gasteiger partial charge on any atom is 0.297 e. The number of nitrogens with zero attached hydrogens (tertiary/aromatic N) is 5. The van der Waals surface area contributed by atoms with Gasteiger partial charge in [0.25, 0.3) is 11.6 Å². The Labute approximate surface area is 178 Å². The molecule has 1 aliphatic heterocycles. The summed E-state index contributed by atoms with van der Waals surface area (Å²) in [5, 5.41) is 5.09. The molecule has 4 aromatic rings. The summed E-state index contributed by atoms with van der Waals surface area (Å²) >= 11 is 0. The molecule has 8 nitrogen and oxygen atoms in total. The van der Waals surface area contributed by atoms with E-state index in [2.05, 4.69) is 20.0 Å². The number of anilines is 1. The molecule has 0 radical (unpaired) electrons. The summed E-state index contributed by atoms with van der Waals surface area (Å²) in [6.07, 6.45) is 9.32. The van der Waals surface area contributed by atoms with Crippen molar-refractivity contribution in [2.45, 2.75) is 44.1 Å². The lowest BCUT2D eigenvalue weighted by molar-refractivity contribution is 0.335. The maximum atomic E-state index is 12.7. The Bertz CT molecular complexity index is 1260. The van der Waals surface area contributed by atoms with Gasteiger partial charge >= 0.3 is 0 Å². The highest BCUT2D eigenvalue weighted by atomic mass is 16.4. The predicted octanol–water partition coefficient (Wildman–Crippen LogP) is 3.88. The van der Waals surface area contributed by atoms with Crippen molar-refractivity contribution in [1.82, 2.24) is 24.7 Å². The van der Waals surface area contributed by atoms with Crippen molar-refractivity contribution >= 4 is 17.0 Å². The number of aromatic nitrogens is 5. The van der Waals surface area contributed by atoms with Gasteiger partial charge in [0.05, 0.1) is 24.4 Å². The summed E-state index contributed by atoms with van der Waals surface area (Å²) in [4.78, 5) is 27.0. The first kappa shape index (κ1) is 18.4. The van der Waals surface area contributed by atoms with Gasteiger partial charge in [-0.05, 0) is 12.8 Å². The Morgan fingerprint density at radius 3 is 2.65 bits per heavy atom. The van der Waals surface area contributed by atoms with Crippen LogP contribution in [0.1, 0.15) is 49.9 Å². The normalized spacial score (nSPS) is 17.9. The fourth-order valence-electron chi connectivity index (χ4n) is 4.69. The van der Waals surface area contributed by atoms with E-state index in [0.29, 0.717) is 36.2 Å². The van der Waals surface area contributed by atoms with Crippen molar-refractivity contribution in [3.8, 4) is 11.3 Å². The van der Waals surface area contributed by atoms with Crippen LogP contribution in [0, 0.1) is 0 Å². The molecule has 0 amide bonds. The zero-order chi connectivity index (χ0) is 20.8. The molecule has 8 heteroatoms. The first-order valence-electron chi connectivity index (χ1n) is 11.0. The molecule has 31 heavy (non-hydrogen) atoms. The van der Waals surface area contributed by atoms with Crippen LogP contribution in [0.15, 0.2) is 51.9 Å². The molecule has 2 aliphatic rings. The van der Waals surface area contributed by atoms with Crippen molar-refractivity contribution in [3.63, 3.8) is 0 Å². The molecule has 1 aliphatic carbocycles. The molecule has 2 fully saturated rings. The van der Waals surface area contributed by atoms with Crippen LogP contribution in [0.3, 0.4) is 0 Å². The van der Waals surface area contributed by atoms with Gasteiger partial charge in [-0.15, -0.1) is 0 Å². The van der Waals surface area contributed by atoms with Gasteiger partial charge < -0.3 is 14.3 Å². The SMILES string of the molecule is O=c1[nH]c(C2CN(c3ncc(-c4ccccc4)o3)C2)nc2c1cnn2C1CCCCC1. The van der Waals surface area contributed by atoms with Crippen LogP contribution < -0.4 is 10.5 Å². The van der Waals surface area contributed by atoms with Gasteiger partial charge in [-0.1, -0.05) is 49.6 Å². The summed E-state index contributed by atoms with van der Waals surface area (Å²) in [6.45, 7) is 1.42. The molecular weight excluding hydrogens is 392 g/mol. The lowest BCUT2D eigenvalue weighted by atomic mass is 9.96. The maximum absolute atomic E-state index is 12.7. The quantitative estimate of drug-likeness (QED) is 0.543. The fraction of sp³-hybridized carbons (Fsp3) is 0.391. The molecule has 1 saturated carbocycles. The van der Waals surface area contributed by atoms with Crippen LogP contribution in [0.25, 0.3) is 22.4 Å². The first-order valence-corrected chi connectivity index (χ1v) is 11.0. The van der Waals surface area contributed by atoms with Gasteiger partial charge in [-0.25, -0.2) is 14.6 Å². The standard InChI is InChI=1S/C23H24N6O2/c30-22-18-11-25-29(17-9-5-2-6-10-17)21(18)26-20(27-22)16-13-28(14-16)23-24-12-19(31-23)15-7-3-1-4-8-15/h1,3-4,7-8,11-12,16-17H,2,5-6,9-10,13-14H2,(H,26,27,30). The fourth-order valence-corrected chi connectivity index (χ4v) is 4.69. The minimum atomic E-state index is -0.108. The third-order valence-corrected chi connectivity index (χ3v) is 6.49. The number of hydrogen-bond donors (Lipinski definition) is 1. The average Bonchev–Trinajstić information content (AvgIpc) is 3.42. The Morgan fingerprint density at radius 2 is 1.84 bits per heavy atom. The molecule has 4 heterocycles. The zero-order valence-corrected chi connectivity index (χ0v) is 17.2. The van der Waals surface area contributed by atoms with Crippen LogP contribution in [0.5, 0.6) is 0 Å². The van der Waals surface area contributed by atoms with Crippen LogP contribution >= 0.6 is 0 Å². The minimum absolute atomic E-state index is 0.108. The van der Waals surface area contributed by atoms with E-state index in [0.717, 1.165) is 30.0 Å². The molecule has 3 aromatic heterocycles. The van der Waals surface area contributed by atoms with E-state index < -0.39 is 0 Å². The Kier molecular flexibility index (Phi) is 4.36. The van der Waals surface area contributed by atoms with Gasteiger partial charge in [0.1, 0.15) is 11.2 Å². The molecule has 0 unspecified atom stereocenters. The van der Waals surface area contributed by atoms with Gasteiger partial charge in [0, 0.05) is 18.7 Å². The molecule has 6 rings (SSSR count). The lowest BCUT2D eigenvalue weighted by Gasteiger charge is -2.37. The molecular formula is C23H24N6O2. The number of benzene rings is 1. The van der Waals surface area contributed by atoms with Crippen LogP contribution in [0.2, 0.25) is 0 Å². The lowest BCUT2D eigenvalue weighted by Crippen LogP contribution is -2.46. The molecule has 158 valence electrons. The highest BCUT2D eigenvalue weighted by Crippen LogP contribution is 2.33. The second kappa shape index (κ2) is 7.37. The summed E-state index contributed by atoms with van der Waals surface area (Å²) in [7, 11) is 0. The smallest absolute Gasteiger partial charge is 0.297 e. The van der Waals surface area contributed by atoms with E-state index in [1.165, 1.54) is 19.3 Å². The summed E-state index contributed by atoms with van der Waals surface area (Å²) in [5.41, 5.74) is 1.61. The van der Waals surface area contributed by atoms with Crippen LogP contribution in [0.4, 0.5) is 6.01 Å². The van der Waals surface area contributed by atoms with Crippen molar-refractivity contribution in [2.75, 3.05) is 18.0 Å². The van der Waals surface area contributed by atoms with Crippen molar-refractivity contribution in [1.29, 1.82) is 0 Å². The highest BCUT2D eigenvalue weighted by molar-refractivity contribution is 5.73. The molecule has 1 aromatic carbocycles. The summed E-state index contributed by atoms with van der Waals surface area (Å²) in [6, 6.07) is 10.9. The number of hydrogen-bond acceptors (Lipinski definition) is 6. The van der Waals surface area contributed by atoms with Gasteiger partial charge in [-0.2, -0.15) is 5.10 Å². The number of rotatable bonds is 4. The Morgan fingerprint density at radius 1 is 1.03 bits per heavy atom. The van der Waals surface area contributed by atoms with Gasteiger partial charge in [-0.3, -0.25) is 4.79 Å². The zero-order valence-electron chi connectivity index (χ0n) is 17.2. The van der Waals surface area contributed by atoms with Crippen molar-refractivity contribution < 1.29 is 4.42 Å². The highest BCUT2D eigenvalue weighted by Gasteiger charge is 2.34. The molecule has 0 atom stereocenters. The van der Waals surface area contributed by atoms with Crippen LogP contribution in [-0.2, 0) is 0 Å².